The van der Waals surface area contributed by atoms with Gasteiger partial charge in [0, 0.05) is 31.4 Å². The lowest BCUT2D eigenvalue weighted by Crippen LogP contribution is -2.35. The van der Waals surface area contributed by atoms with Crippen LogP contribution in [-0.4, -0.2) is 45.7 Å². The fourth-order valence-electron chi connectivity index (χ4n) is 2.48. The summed E-state index contributed by atoms with van der Waals surface area (Å²) in [5.74, 6) is -1.76. The second-order valence-electron chi connectivity index (χ2n) is 6.22. The highest BCUT2D eigenvalue weighted by Gasteiger charge is 2.41. The summed E-state index contributed by atoms with van der Waals surface area (Å²) in [6.07, 6.45) is 2.79. The topological polar surface area (TPSA) is 79.7 Å². The standard InChI is InChI=1S/C15H20N2O4/c1-15(2,3)21-14(20)17-8-11(12(9-17)13(18)19)10-4-6-16-7-5-10/h4-7,11-12H,8-9H2,1-3H3,(H,18,19)/t11-,12+/m0/s1. The fraction of sp³-hybridized carbons (Fsp3) is 0.533. The highest BCUT2D eigenvalue weighted by Crippen LogP contribution is 2.33. The maximum Gasteiger partial charge on any atom is 0.410 e. The Labute approximate surface area is 123 Å². The Balaban J connectivity index is 2.16. The normalized spacial score (nSPS) is 22.1. The zero-order valence-corrected chi connectivity index (χ0v) is 12.4. The molecule has 21 heavy (non-hydrogen) atoms. The van der Waals surface area contributed by atoms with Crippen LogP contribution in [0.1, 0.15) is 32.3 Å². The molecule has 2 rings (SSSR count). The summed E-state index contributed by atoms with van der Waals surface area (Å²) >= 11 is 0. The van der Waals surface area contributed by atoms with E-state index < -0.39 is 23.6 Å². The molecule has 1 aliphatic heterocycles. The smallest absolute Gasteiger partial charge is 0.410 e. The monoisotopic (exact) mass is 292 g/mol. The third-order valence-electron chi connectivity index (χ3n) is 3.42. The number of carbonyl (C=O) groups excluding carboxylic acids is 1. The van der Waals surface area contributed by atoms with Crippen LogP contribution in [0.25, 0.3) is 0 Å². The van der Waals surface area contributed by atoms with Crippen LogP contribution in [0.5, 0.6) is 0 Å². The van der Waals surface area contributed by atoms with Crippen molar-refractivity contribution in [2.75, 3.05) is 13.1 Å². The number of hydrogen-bond acceptors (Lipinski definition) is 4. The molecule has 1 fully saturated rings. The predicted octanol–water partition coefficient (Wildman–Crippen LogP) is 2.12. The molecular formula is C15H20N2O4. The van der Waals surface area contributed by atoms with Crippen molar-refractivity contribution < 1.29 is 19.4 Å². The highest BCUT2D eigenvalue weighted by atomic mass is 16.6. The number of ether oxygens (including phenoxy) is 1. The fourth-order valence-corrected chi connectivity index (χ4v) is 2.48. The number of carbonyl (C=O) groups is 2. The van der Waals surface area contributed by atoms with E-state index in [0.29, 0.717) is 6.54 Å². The number of aromatic nitrogens is 1. The molecule has 2 heterocycles. The number of nitrogens with zero attached hydrogens (tertiary/aromatic N) is 2. The van der Waals surface area contributed by atoms with Gasteiger partial charge < -0.3 is 14.7 Å². The Morgan fingerprint density at radius 3 is 2.43 bits per heavy atom. The summed E-state index contributed by atoms with van der Waals surface area (Å²) in [5, 5.41) is 9.38. The number of likely N-dealkylation sites (tertiary alicyclic amines) is 1. The van der Waals surface area contributed by atoms with Crippen LogP contribution < -0.4 is 0 Å². The van der Waals surface area contributed by atoms with Gasteiger partial charge in [-0.25, -0.2) is 4.79 Å². The number of carboxylic acids is 1. The van der Waals surface area contributed by atoms with Crippen molar-refractivity contribution in [3.8, 4) is 0 Å². The lowest BCUT2D eigenvalue weighted by Gasteiger charge is -2.24. The average molecular weight is 292 g/mol. The van der Waals surface area contributed by atoms with Crippen molar-refractivity contribution in [3.05, 3.63) is 30.1 Å². The Bertz CT molecular complexity index is 524. The molecule has 1 aromatic rings. The third-order valence-corrected chi connectivity index (χ3v) is 3.42. The van der Waals surface area contributed by atoms with E-state index in [-0.39, 0.29) is 12.5 Å². The molecule has 1 aliphatic rings. The maximum absolute atomic E-state index is 12.1. The number of amides is 1. The largest absolute Gasteiger partial charge is 0.481 e. The minimum Gasteiger partial charge on any atom is -0.481 e. The van der Waals surface area contributed by atoms with Crippen LogP contribution >= 0.6 is 0 Å². The molecule has 0 radical (unpaired) electrons. The lowest BCUT2D eigenvalue weighted by atomic mass is 9.90. The highest BCUT2D eigenvalue weighted by molar-refractivity contribution is 5.75. The van der Waals surface area contributed by atoms with Gasteiger partial charge in [0.15, 0.2) is 0 Å². The first kappa shape index (κ1) is 15.3. The van der Waals surface area contributed by atoms with Crippen LogP contribution in [0.15, 0.2) is 24.5 Å². The molecule has 0 aliphatic carbocycles. The quantitative estimate of drug-likeness (QED) is 0.903. The molecule has 6 nitrogen and oxygen atoms in total. The van der Waals surface area contributed by atoms with Crippen molar-refractivity contribution >= 4 is 12.1 Å². The van der Waals surface area contributed by atoms with Gasteiger partial charge in [0.25, 0.3) is 0 Å². The third kappa shape index (κ3) is 3.71. The predicted molar refractivity (Wildman–Crippen MR) is 75.9 cm³/mol. The summed E-state index contributed by atoms with van der Waals surface area (Å²) < 4.78 is 5.32. The number of rotatable bonds is 2. The van der Waals surface area contributed by atoms with Gasteiger partial charge in [-0.05, 0) is 38.5 Å². The Morgan fingerprint density at radius 1 is 1.29 bits per heavy atom. The molecule has 0 aromatic carbocycles. The first-order valence-corrected chi connectivity index (χ1v) is 6.88. The molecule has 0 spiro atoms. The van der Waals surface area contributed by atoms with E-state index in [0.717, 1.165) is 5.56 Å². The number of aliphatic carboxylic acids is 1. The van der Waals surface area contributed by atoms with Gasteiger partial charge in [-0.2, -0.15) is 0 Å². The Morgan fingerprint density at radius 2 is 1.90 bits per heavy atom. The van der Waals surface area contributed by atoms with E-state index in [4.69, 9.17) is 4.74 Å². The van der Waals surface area contributed by atoms with E-state index in [1.165, 1.54) is 4.90 Å². The van der Waals surface area contributed by atoms with Gasteiger partial charge in [-0.3, -0.25) is 9.78 Å². The summed E-state index contributed by atoms with van der Waals surface area (Å²) in [7, 11) is 0. The number of pyridine rings is 1. The minimum absolute atomic E-state index is 0.164. The molecule has 114 valence electrons. The Hall–Kier alpha value is -2.11. The van der Waals surface area contributed by atoms with Crippen molar-refractivity contribution in [1.29, 1.82) is 0 Å². The SMILES string of the molecule is CC(C)(C)OC(=O)N1C[C@@H](C(=O)O)[C@H](c2ccncc2)C1. The first-order valence-electron chi connectivity index (χ1n) is 6.88. The van der Waals surface area contributed by atoms with Crippen LogP contribution in [-0.2, 0) is 9.53 Å². The molecule has 2 atom stereocenters. The molecule has 1 saturated heterocycles. The van der Waals surface area contributed by atoms with Crippen molar-refractivity contribution in [2.24, 2.45) is 5.92 Å². The summed E-state index contributed by atoms with van der Waals surface area (Å²) in [5.41, 5.74) is 0.286. The lowest BCUT2D eigenvalue weighted by molar-refractivity contribution is -0.141. The molecule has 0 unspecified atom stereocenters. The second-order valence-corrected chi connectivity index (χ2v) is 6.22. The van der Waals surface area contributed by atoms with E-state index in [1.54, 1.807) is 45.3 Å². The van der Waals surface area contributed by atoms with E-state index in [9.17, 15) is 14.7 Å². The van der Waals surface area contributed by atoms with Crippen LogP contribution in [0.2, 0.25) is 0 Å². The van der Waals surface area contributed by atoms with E-state index in [2.05, 4.69) is 4.98 Å². The molecule has 6 heteroatoms. The second kappa shape index (κ2) is 5.71. The van der Waals surface area contributed by atoms with Crippen LogP contribution in [0.3, 0.4) is 0 Å². The van der Waals surface area contributed by atoms with Gasteiger partial charge in [0.1, 0.15) is 5.60 Å². The van der Waals surface area contributed by atoms with Crippen molar-refractivity contribution in [2.45, 2.75) is 32.3 Å². The molecule has 0 saturated carbocycles. The Kier molecular flexibility index (Phi) is 4.16. The zero-order chi connectivity index (χ0) is 15.6. The maximum atomic E-state index is 12.1. The summed E-state index contributed by atoms with van der Waals surface area (Å²) in [4.78, 5) is 29.0. The van der Waals surface area contributed by atoms with E-state index in [1.807, 2.05) is 0 Å². The van der Waals surface area contributed by atoms with Crippen LogP contribution in [0.4, 0.5) is 4.79 Å². The summed E-state index contributed by atoms with van der Waals surface area (Å²) in [6.45, 7) is 5.87. The van der Waals surface area contributed by atoms with Crippen molar-refractivity contribution in [3.63, 3.8) is 0 Å². The van der Waals surface area contributed by atoms with Gasteiger partial charge >= 0.3 is 12.1 Å². The van der Waals surface area contributed by atoms with Gasteiger partial charge in [0.2, 0.25) is 0 Å². The number of hydrogen-bond donors (Lipinski definition) is 1. The van der Waals surface area contributed by atoms with Gasteiger partial charge in [0.05, 0.1) is 5.92 Å². The average Bonchev–Trinajstić information content (AvgIpc) is 2.83. The zero-order valence-electron chi connectivity index (χ0n) is 12.4. The molecule has 1 N–H and O–H groups in total. The first-order chi connectivity index (χ1) is 9.78. The van der Waals surface area contributed by atoms with Crippen LogP contribution in [0, 0.1) is 5.92 Å². The molecule has 1 aromatic heterocycles. The van der Waals surface area contributed by atoms with Crippen molar-refractivity contribution in [1.82, 2.24) is 9.88 Å². The summed E-state index contributed by atoms with van der Waals surface area (Å²) in [6, 6.07) is 3.58. The molecular weight excluding hydrogens is 272 g/mol. The van der Waals surface area contributed by atoms with Gasteiger partial charge in [-0.1, -0.05) is 0 Å². The molecule has 0 bridgehead atoms. The van der Waals surface area contributed by atoms with Gasteiger partial charge in [-0.15, -0.1) is 0 Å². The number of carboxylic acid groups (broad SMARTS) is 1. The molecule has 1 amide bonds. The minimum atomic E-state index is -0.900. The van der Waals surface area contributed by atoms with E-state index >= 15 is 0 Å².